The molecule has 0 aliphatic carbocycles. The summed E-state index contributed by atoms with van der Waals surface area (Å²) in [5.74, 6) is 0.681. The van der Waals surface area contributed by atoms with Crippen molar-refractivity contribution < 1.29 is 4.79 Å². The predicted molar refractivity (Wildman–Crippen MR) is 83.7 cm³/mol. The van der Waals surface area contributed by atoms with E-state index in [1.807, 2.05) is 18.2 Å². The lowest BCUT2D eigenvalue weighted by Gasteiger charge is -2.30. The fourth-order valence-corrected chi connectivity index (χ4v) is 2.60. The van der Waals surface area contributed by atoms with Gasteiger partial charge in [0.15, 0.2) is 0 Å². The van der Waals surface area contributed by atoms with Gasteiger partial charge < -0.3 is 16.0 Å². The van der Waals surface area contributed by atoms with Crippen LogP contribution in [0.4, 0.5) is 17.2 Å². The van der Waals surface area contributed by atoms with Crippen molar-refractivity contribution >= 4 is 23.1 Å². The lowest BCUT2D eigenvalue weighted by molar-refractivity contribution is -0.114. The molecule has 0 saturated heterocycles. The monoisotopic (exact) mass is 282 g/mol. The number of anilines is 3. The molecule has 1 aromatic carbocycles. The zero-order chi connectivity index (χ0) is 14.7. The van der Waals surface area contributed by atoms with Crippen molar-refractivity contribution in [3.63, 3.8) is 0 Å². The zero-order valence-corrected chi connectivity index (χ0v) is 11.7. The third kappa shape index (κ3) is 2.87. The molecule has 0 bridgehead atoms. The average Bonchev–Trinajstić information content (AvgIpc) is 2.55. The first kappa shape index (κ1) is 13.6. The normalized spacial score (nSPS) is 13.7. The van der Waals surface area contributed by atoms with Crippen molar-refractivity contribution in [2.24, 2.45) is 5.73 Å². The van der Waals surface area contributed by atoms with E-state index in [1.54, 1.807) is 6.20 Å². The molecule has 0 unspecified atom stereocenters. The average molecular weight is 282 g/mol. The topological polar surface area (TPSA) is 71.2 Å². The van der Waals surface area contributed by atoms with E-state index in [9.17, 15) is 4.79 Å². The van der Waals surface area contributed by atoms with Crippen LogP contribution < -0.4 is 16.0 Å². The molecule has 5 heteroatoms. The Balaban J connectivity index is 1.83. The SMILES string of the molecule is NCC(=O)Nc1ccc(N2CCCc3ccccc32)nc1. The number of aromatic nitrogens is 1. The van der Waals surface area contributed by atoms with E-state index in [-0.39, 0.29) is 12.5 Å². The molecule has 1 amide bonds. The fourth-order valence-electron chi connectivity index (χ4n) is 2.60. The molecule has 2 heterocycles. The molecule has 5 nitrogen and oxygen atoms in total. The Bertz CT molecular complexity index is 639. The number of para-hydroxylation sites is 1. The number of rotatable bonds is 3. The number of amides is 1. The summed E-state index contributed by atoms with van der Waals surface area (Å²) in [6.07, 6.45) is 3.89. The summed E-state index contributed by atoms with van der Waals surface area (Å²) in [6, 6.07) is 12.2. The number of nitrogens with one attached hydrogen (secondary N) is 1. The van der Waals surface area contributed by atoms with Gasteiger partial charge in [0.25, 0.3) is 0 Å². The van der Waals surface area contributed by atoms with Crippen LogP contribution in [0.5, 0.6) is 0 Å². The molecule has 21 heavy (non-hydrogen) atoms. The van der Waals surface area contributed by atoms with E-state index in [2.05, 4.69) is 33.4 Å². The highest BCUT2D eigenvalue weighted by molar-refractivity contribution is 5.92. The van der Waals surface area contributed by atoms with Gasteiger partial charge in [0.2, 0.25) is 5.91 Å². The van der Waals surface area contributed by atoms with Crippen molar-refractivity contribution in [1.82, 2.24) is 4.98 Å². The molecular formula is C16H18N4O. The third-order valence-electron chi connectivity index (χ3n) is 3.60. The summed E-state index contributed by atoms with van der Waals surface area (Å²) < 4.78 is 0. The summed E-state index contributed by atoms with van der Waals surface area (Å²) in [7, 11) is 0. The molecule has 0 radical (unpaired) electrons. The van der Waals surface area contributed by atoms with Gasteiger partial charge in [0.1, 0.15) is 5.82 Å². The van der Waals surface area contributed by atoms with Gasteiger partial charge in [-0.15, -0.1) is 0 Å². The number of aryl methyl sites for hydroxylation is 1. The smallest absolute Gasteiger partial charge is 0.238 e. The van der Waals surface area contributed by atoms with Crippen LogP contribution in [-0.2, 0) is 11.2 Å². The molecule has 1 aliphatic rings. The summed E-state index contributed by atoms with van der Waals surface area (Å²) in [5.41, 5.74) is 8.52. The molecule has 0 spiro atoms. The van der Waals surface area contributed by atoms with E-state index >= 15 is 0 Å². The van der Waals surface area contributed by atoms with Crippen molar-refractivity contribution in [2.45, 2.75) is 12.8 Å². The third-order valence-corrected chi connectivity index (χ3v) is 3.60. The van der Waals surface area contributed by atoms with Gasteiger partial charge in [-0.1, -0.05) is 18.2 Å². The first-order valence-electron chi connectivity index (χ1n) is 7.09. The molecule has 1 aromatic heterocycles. The minimum atomic E-state index is -0.215. The molecule has 2 aromatic rings. The zero-order valence-electron chi connectivity index (χ0n) is 11.7. The van der Waals surface area contributed by atoms with Crippen LogP contribution in [-0.4, -0.2) is 24.0 Å². The second-order valence-electron chi connectivity index (χ2n) is 5.04. The Morgan fingerprint density at radius 1 is 1.29 bits per heavy atom. The second kappa shape index (κ2) is 5.93. The standard InChI is InChI=1S/C16H18N4O/c17-10-16(21)19-13-7-8-15(18-11-13)20-9-3-5-12-4-1-2-6-14(12)20/h1-2,4,6-8,11H,3,5,9-10,17H2,(H,19,21). The van der Waals surface area contributed by atoms with E-state index in [4.69, 9.17) is 5.73 Å². The summed E-state index contributed by atoms with van der Waals surface area (Å²) >= 11 is 0. The van der Waals surface area contributed by atoms with Crippen LogP contribution >= 0.6 is 0 Å². The van der Waals surface area contributed by atoms with Gasteiger partial charge in [0, 0.05) is 12.2 Å². The van der Waals surface area contributed by atoms with Crippen LogP contribution in [0.3, 0.4) is 0 Å². The maximum absolute atomic E-state index is 11.3. The quantitative estimate of drug-likeness (QED) is 0.904. The van der Waals surface area contributed by atoms with E-state index in [1.165, 1.54) is 11.3 Å². The van der Waals surface area contributed by atoms with Gasteiger partial charge in [0.05, 0.1) is 18.4 Å². The lowest BCUT2D eigenvalue weighted by Crippen LogP contribution is -2.25. The number of nitrogens with zero attached hydrogens (tertiary/aromatic N) is 2. The second-order valence-corrected chi connectivity index (χ2v) is 5.04. The maximum atomic E-state index is 11.3. The minimum absolute atomic E-state index is 0.0265. The number of hydrogen-bond acceptors (Lipinski definition) is 4. The number of carbonyl (C=O) groups excluding carboxylic acids is 1. The lowest BCUT2D eigenvalue weighted by atomic mass is 10.0. The summed E-state index contributed by atoms with van der Waals surface area (Å²) in [6.45, 7) is 0.930. The van der Waals surface area contributed by atoms with Crippen LogP contribution in [0.2, 0.25) is 0 Å². The number of nitrogens with two attached hydrogens (primary N) is 1. The summed E-state index contributed by atoms with van der Waals surface area (Å²) in [5, 5.41) is 2.70. The van der Waals surface area contributed by atoms with E-state index in [0.29, 0.717) is 5.69 Å². The molecular weight excluding hydrogens is 264 g/mol. The van der Waals surface area contributed by atoms with Gasteiger partial charge in [-0.2, -0.15) is 0 Å². The van der Waals surface area contributed by atoms with Crippen molar-refractivity contribution in [2.75, 3.05) is 23.3 Å². The fraction of sp³-hybridized carbons (Fsp3) is 0.250. The van der Waals surface area contributed by atoms with E-state index in [0.717, 1.165) is 25.2 Å². The Morgan fingerprint density at radius 3 is 2.90 bits per heavy atom. The molecule has 108 valence electrons. The van der Waals surface area contributed by atoms with Gasteiger partial charge in [-0.05, 0) is 36.6 Å². The van der Waals surface area contributed by atoms with Gasteiger partial charge in [-0.3, -0.25) is 4.79 Å². The Kier molecular flexibility index (Phi) is 3.83. The van der Waals surface area contributed by atoms with Gasteiger partial charge in [-0.25, -0.2) is 4.98 Å². The Hall–Kier alpha value is -2.40. The van der Waals surface area contributed by atoms with Crippen molar-refractivity contribution in [3.8, 4) is 0 Å². The largest absolute Gasteiger partial charge is 0.326 e. The number of fused-ring (bicyclic) bond motifs is 1. The number of benzene rings is 1. The number of hydrogen-bond donors (Lipinski definition) is 2. The minimum Gasteiger partial charge on any atom is -0.326 e. The molecule has 0 saturated carbocycles. The Labute approximate surface area is 123 Å². The van der Waals surface area contributed by atoms with Crippen LogP contribution in [0.1, 0.15) is 12.0 Å². The van der Waals surface area contributed by atoms with Crippen LogP contribution in [0.15, 0.2) is 42.6 Å². The highest BCUT2D eigenvalue weighted by Crippen LogP contribution is 2.32. The van der Waals surface area contributed by atoms with E-state index < -0.39 is 0 Å². The van der Waals surface area contributed by atoms with Crippen LogP contribution in [0, 0.1) is 0 Å². The molecule has 1 aliphatic heterocycles. The van der Waals surface area contributed by atoms with Crippen LogP contribution in [0.25, 0.3) is 0 Å². The Morgan fingerprint density at radius 2 is 2.14 bits per heavy atom. The molecule has 3 N–H and O–H groups in total. The first-order chi connectivity index (χ1) is 10.3. The predicted octanol–water partition coefficient (Wildman–Crippen LogP) is 2.06. The number of pyridine rings is 1. The molecule has 0 atom stereocenters. The maximum Gasteiger partial charge on any atom is 0.238 e. The van der Waals surface area contributed by atoms with Crippen molar-refractivity contribution in [1.29, 1.82) is 0 Å². The van der Waals surface area contributed by atoms with Gasteiger partial charge >= 0.3 is 0 Å². The summed E-state index contributed by atoms with van der Waals surface area (Å²) in [4.78, 5) is 17.9. The van der Waals surface area contributed by atoms with Crippen molar-refractivity contribution in [3.05, 3.63) is 48.2 Å². The highest BCUT2D eigenvalue weighted by Gasteiger charge is 2.18. The highest BCUT2D eigenvalue weighted by atomic mass is 16.1. The molecule has 3 rings (SSSR count). The first-order valence-corrected chi connectivity index (χ1v) is 7.09. The number of carbonyl (C=O) groups is 1. The molecule has 0 fully saturated rings.